The zero-order chi connectivity index (χ0) is 5.82. The van der Waals surface area contributed by atoms with Crippen LogP contribution >= 0.6 is 0 Å². The Balaban J connectivity index is 0. The van der Waals surface area contributed by atoms with Crippen LogP contribution in [-0.2, 0) is 0 Å². The summed E-state index contributed by atoms with van der Waals surface area (Å²) in [6, 6.07) is 0.750. The molecule has 2 N–H and O–H groups in total. The van der Waals surface area contributed by atoms with Gasteiger partial charge in [-0.25, -0.2) is 0 Å². The van der Waals surface area contributed by atoms with Gasteiger partial charge in [0.15, 0.2) is 0 Å². The molecule has 8 heavy (non-hydrogen) atoms. The summed E-state index contributed by atoms with van der Waals surface area (Å²) in [6.45, 7) is 2.34. The molecule has 1 aliphatic rings. The van der Waals surface area contributed by atoms with Crippen LogP contribution in [-0.4, -0.2) is 26.2 Å². The average molecular weight is 118 g/mol. The van der Waals surface area contributed by atoms with Crippen LogP contribution in [0.1, 0.15) is 15.7 Å². The Hall–Kier alpha value is -0.0800. The highest BCUT2D eigenvalue weighted by molar-refractivity contribution is 4.74. The van der Waals surface area contributed by atoms with Crippen molar-refractivity contribution in [3.8, 4) is 0 Å². The summed E-state index contributed by atoms with van der Waals surface area (Å²) in [4.78, 5) is 0. The molecular formula is C6H18N2. The molecule has 1 saturated heterocycles. The Bertz CT molecular complexity index is 64.8. The molecule has 0 spiro atoms. The van der Waals surface area contributed by atoms with Crippen LogP contribution in [0.4, 0.5) is 0 Å². The molecule has 1 aliphatic heterocycles. The maximum Gasteiger partial charge on any atom is 0.0192 e. The van der Waals surface area contributed by atoms with Crippen LogP contribution in [0.5, 0.6) is 0 Å². The van der Waals surface area contributed by atoms with Crippen molar-refractivity contribution < 1.29 is 2.85 Å². The summed E-state index contributed by atoms with van der Waals surface area (Å²) in [5.41, 5.74) is 0. The maximum atomic E-state index is 3.40. The van der Waals surface area contributed by atoms with E-state index in [0.717, 1.165) is 12.6 Å². The number of rotatable bonds is 2. The van der Waals surface area contributed by atoms with E-state index in [9.17, 15) is 0 Å². The normalized spacial score (nSPS) is 28.9. The van der Waals surface area contributed by atoms with Gasteiger partial charge in [-0.15, -0.1) is 0 Å². The van der Waals surface area contributed by atoms with Gasteiger partial charge >= 0.3 is 0 Å². The van der Waals surface area contributed by atoms with E-state index in [1.807, 2.05) is 7.05 Å². The van der Waals surface area contributed by atoms with Gasteiger partial charge in [0.1, 0.15) is 0 Å². The molecule has 0 saturated carbocycles. The summed E-state index contributed by atoms with van der Waals surface area (Å²) >= 11 is 0. The minimum Gasteiger partial charge on any atom is -0.318 e. The molecular weight excluding hydrogens is 100 g/mol. The van der Waals surface area contributed by atoms with E-state index in [4.69, 9.17) is 0 Å². The van der Waals surface area contributed by atoms with Gasteiger partial charge in [0.2, 0.25) is 0 Å². The number of hydrogen-bond acceptors (Lipinski definition) is 2. The van der Waals surface area contributed by atoms with Gasteiger partial charge in [0.05, 0.1) is 0 Å². The molecule has 1 heterocycles. The summed E-state index contributed by atoms with van der Waals surface area (Å²) in [5.74, 6) is 0. The molecule has 0 aromatic rings. The molecule has 0 aliphatic carbocycles. The molecule has 1 rings (SSSR count). The number of nitrogens with one attached hydrogen (secondary N) is 2. The van der Waals surface area contributed by atoms with Gasteiger partial charge in [-0.3, -0.25) is 0 Å². The van der Waals surface area contributed by atoms with E-state index >= 15 is 0 Å². The first-order valence-electron chi connectivity index (χ1n) is 3.31. The third kappa shape index (κ3) is 1.46. The first-order chi connectivity index (χ1) is 3.93. The van der Waals surface area contributed by atoms with Crippen molar-refractivity contribution in [2.45, 2.75) is 18.9 Å². The highest BCUT2D eigenvalue weighted by Gasteiger charge is 2.11. The van der Waals surface area contributed by atoms with Gasteiger partial charge in [0.25, 0.3) is 0 Å². The first kappa shape index (κ1) is 6.05. The Morgan fingerprint density at radius 2 is 2.75 bits per heavy atom. The van der Waals surface area contributed by atoms with Crippen LogP contribution in [0.3, 0.4) is 0 Å². The van der Waals surface area contributed by atoms with E-state index in [1.165, 1.54) is 19.4 Å². The van der Waals surface area contributed by atoms with Gasteiger partial charge < -0.3 is 10.6 Å². The van der Waals surface area contributed by atoms with Crippen LogP contribution in [0.2, 0.25) is 0 Å². The van der Waals surface area contributed by atoms with Gasteiger partial charge in [-0.1, -0.05) is 0 Å². The maximum absolute atomic E-state index is 3.40. The number of likely N-dealkylation sites (N-methyl/N-ethyl adjacent to an activating group) is 1. The summed E-state index contributed by atoms with van der Waals surface area (Å²) in [6.07, 6.45) is 2.70. The summed E-state index contributed by atoms with van der Waals surface area (Å²) in [7, 11) is 2.00. The fourth-order valence-electron chi connectivity index (χ4n) is 1.18. The highest BCUT2D eigenvalue weighted by atomic mass is 15.0. The van der Waals surface area contributed by atoms with Crippen LogP contribution in [0.15, 0.2) is 0 Å². The lowest BCUT2D eigenvalue weighted by molar-refractivity contribution is 0.568. The van der Waals surface area contributed by atoms with Crippen molar-refractivity contribution in [3.05, 3.63) is 0 Å². The Morgan fingerprint density at radius 1 is 1.88 bits per heavy atom. The predicted molar refractivity (Wildman–Crippen MR) is 39.2 cm³/mol. The molecule has 1 fully saturated rings. The zero-order valence-electron chi connectivity index (χ0n) is 5.41. The quantitative estimate of drug-likeness (QED) is 0.550. The average Bonchev–Trinajstić information content (AvgIpc) is 2.19. The zero-order valence-corrected chi connectivity index (χ0v) is 5.41. The van der Waals surface area contributed by atoms with E-state index in [2.05, 4.69) is 10.6 Å². The molecule has 1 atom stereocenters. The Morgan fingerprint density at radius 3 is 3.25 bits per heavy atom. The molecule has 2 nitrogen and oxygen atoms in total. The standard InChI is InChI=1S/C6H14N2.2H2/c1-7-5-6-3-2-4-8-6;;/h6-8H,2-5H2,1H3;2*1H. The molecule has 0 bridgehead atoms. The lowest BCUT2D eigenvalue weighted by Gasteiger charge is -2.06. The van der Waals surface area contributed by atoms with Crippen molar-refractivity contribution >= 4 is 0 Å². The molecule has 0 amide bonds. The lowest BCUT2D eigenvalue weighted by atomic mass is 10.2. The molecule has 0 aromatic heterocycles. The molecule has 1 unspecified atom stereocenters. The topological polar surface area (TPSA) is 24.1 Å². The van der Waals surface area contributed by atoms with Crippen LogP contribution < -0.4 is 10.6 Å². The number of hydrogen-bond donors (Lipinski definition) is 2. The third-order valence-corrected chi connectivity index (χ3v) is 1.61. The van der Waals surface area contributed by atoms with Crippen LogP contribution in [0.25, 0.3) is 0 Å². The molecule has 0 aromatic carbocycles. The minimum atomic E-state index is 0. The van der Waals surface area contributed by atoms with Crippen molar-refractivity contribution in [3.63, 3.8) is 0 Å². The van der Waals surface area contributed by atoms with E-state index in [0.29, 0.717) is 0 Å². The largest absolute Gasteiger partial charge is 0.318 e. The first-order valence-corrected chi connectivity index (χ1v) is 3.31. The van der Waals surface area contributed by atoms with E-state index in [-0.39, 0.29) is 2.85 Å². The molecule has 0 radical (unpaired) electrons. The minimum absolute atomic E-state index is 0. The third-order valence-electron chi connectivity index (χ3n) is 1.61. The van der Waals surface area contributed by atoms with E-state index in [1.54, 1.807) is 0 Å². The van der Waals surface area contributed by atoms with Gasteiger partial charge in [-0.05, 0) is 26.4 Å². The van der Waals surface area contributed by atoms with Crippen molar-refractivity contribution in [2.24, 2.45) is 0 Å². The monoisotopic (exact) mass is 118 g/mol. The Labute approximate surface area is 53.6 Å². The summed E-state index contributed by atoms with van der Waals surface area (Å²) < 4.78 is 0. The fourth-order valence-corrected chi connectivity index (χ4v) is 1.18. The summed E-state index contributed by atoms with van der Waals surface area (Å²) in [5, 5.41) is 6.54. The van der Waals surface area contributed by atoms with Gasteiger partial charge in [0, 0.05) is 15.4 Å². The van der Waals surface area contributed by atoms with Crippen molar-refractivity contribution in [2.75, 3.05) is 20.1 Å². The van der Waals surface area contributed by atoms with Crippen molar-refractivity contribution in [1.82, 2.24) is 10.6 Å². The van der Waals surface area contributed by atoms with E-state index < -0.39 is 0 Å². The Kier molecular flexibility index (Phi) is 2.30. The smallest absolute Gasteiger partial charge is 0.0192 e. The van der Waals surface area contributed by atoms with Crippen LogP contribution in [0, 0.1) is 0 Å². The molecule has 52 valence electrons. The molecule has 2 heteroatoms. The fraction of sp³-hybridized carbons (Fsp3) is 1.00. The highest BCUT2D eigenvalue weighted by Crippen LogP contribution is 2.02. The second-order valence-corrected chi connectivity index (χ2v) is 2.35. The SMILES string of the molecule is CNCC1CCCN1.[HH].[HH]. The second-order valence-electron chi connectivity index (χ2n) is 2.35. The van der Waals surface area contributed by atoms with Crippen molar-refractivity contribution in [1.29, 1.82) is 0 Å². The van der Waals surface area contributed by atoms with Gasteiger partial charge in [-0.2, -0.15) is 0 Å². The lowest BCUT2D eigenvalue weighted by Crippen LogP contribution is -2.31. The predicted octanol–water partition coefficient (Wildman–Crippen LogP) is 0.450. The second kappa shape index (κ2) is 3.05.